The van der Waals surface area contributed by atoms with Crippen molar-refractivity contribution in [2.75, 3.05) is 5.32 Å². The van der Waals surface area contributed by atoms with Crippen LogP contribution >= 0.6 is 15.9 Å². The van der Waals surface area contributed by atoms with E-state index in [9.17, 15) is 18.8 Å². The molecule has 3 aromatic rings. The molecule has 0 spiro atoms. The minimum absolute atomic E-state index is 0.147. The summed E-state index contributed by atoms with van der Waals surface area (Å²) in [6, 6.07) is 17.5. The molecule has 0 aliphatic rings. The molecule has 7 nitrogen and oxygen atoms in total. The normalized spacial score (nSPS) is 10.6. The fourth-order valence-corrected chi connectivity index (χ4v) is 2.95. The van der Waals surface area contributed by atoms with E-state index in [4.69, 9.17) is 4.74 Å². The molecule has 32 heavy (non-hydrogen) atoms. The van der Waals surface area contributed by atoms with Crippen LogP contribution in [0.5, 0.6) is 5.75 Å². The number of hydrazone groups is 1. The average molecular weight is 498 g/mol. The number of halogens is 2. The molecule has 0 saturated carbocycles. The van der Waals surface area contributed by atoms with E-state index in [0.29, 0.717) is 15.6 Å². The van der Waals surface area contributed by atoms with Crippen LogP contribution in [0.1, 0.15) is 21.5 Å². The van der Waals surface area contributed by atoms with Crippen LogP contribution in [0.2, 0.25) is 0 Å². The summed E-state index contributed by atoms with van der Waals surface area (Å²) < 4.78 is 19.7. The maximum atomic E-state index is 13.8. The van der Waals surface area contributed by atoms with E-state index in [-0.39, 0.29) is 11.4 Å². The summed E-state index contributed by atoms with van der Waals surface area (Å²) >= 11 is 3.10. The number of para-hydroxylation sites is 1. The van der Waals surface area contributed by atoms with Gasteiger partial charge in [-0.15, -0.1) is 0 Å². The Hall–Kier alpha value is -3.85. The first-order valence-corrected chi connectivity index (χ1v) is 10.1. The first-order valence-electron chi connectivity index (χ1n) is 9.31. The van der Waals surface area contributed by atoms with E-state index in [2.05, 4.69) is 26.3 Å². The van der Waals surface area contributed by atoms with Crippen molar-refractivity contribution in [1.29, 1.82) is 0 Å². The maximum Gasteiger partial charge on any atom is 0.343 e. The first kappa shape index (κ1) is 22.8. The van der Waals surface area contributed by atoms with Gasteiger partial charge in [0.05, 0.1) is 17.5 Å². The molecule has 0 saturated heterocycles. The van der Waals surface area contributed by atoms with Crippen LogP contribution in [0.15, 0.2) is 76.3 Å². The number of esters is 1. The number of carbonyl (C=O) groups is 3. The Balaban J connectivity index is 1.64. The van der Waals surface area contributed by atoms with Gasteiger partial charge in [-0.1, -0.05) is 46.3 Å². The third-order valence-electron chi connectivity index (χ3n) is 4.24. The molecule has 0 atom stereocenters. The van der Waals surface area contributed by atoms with Crippen LogP contribution in [-0.4, -0.2) is 24.0 Å². The number of anilines is 1. The third-order valence-corrected chi connectivity index (χ3v) is 4.74. The molecule has 0 heterocycles. The van der Waals surface area contributed by atoms with E-state index in [0.717, 1.165) is 11.6 Å². The number of carbonyl (C=O) groups excluding carboxylic acids is 3. The summed E-state index contributed by atoms with van der Waals surface area (Å²) in [4.78, 5) is 36.4. The second kappa shape index (κ2) is 10.5. The molecule has 0 aliphatic heterocycles. The molecule has 0 aromatic heterocycles. The number of aryl methyl sites for hydroxylation is 1. The summed E-state index contributed by atoms with van der Waals surface area (Å²) in [5.41, 5.74) is 3.49. The molecule has 3 aromatic carbocycles. The minimum Gasteiger partial charge on any atom is -0.422 e. The van der Waals surface area contributed by atoms with Crippen molar-refractivity contribution >= 4 is 45.6 Å². The Morgan fingerprint density at radius 1 is 1.00 bits per heavy atom. The van der Waals surface area contributed by atoms with E-state index >= 15 is 0 Å². The number of hydrogen-bond acceptors (Lipinski definition) is 5. The SMILES string of the molecule is Cc1ccccc1C(=O)Oc1ccccc1/C=N/NC(=O)C(=O)Nc1ccc(Br)cc1F. The van der Waals surface area contributed by atoms with Gasteiger partial charge < -0.3 is 10.1 Å². The molecule has 9 heteroatoms. The largest absolute Gasteiger partial charge is 0.422 e. The zero-order chi connectivity index (χ0) is 23.1. The van der Waals surface area contributed by atoms with Crippen LogP contribution in [-0.2, 0) is 9.59 Å². The van der Waals surface area contributed by atoms with Gasteiger partial charge in [0.25, 0.3) is 0 Å². The van der Waals surface area contributed by atoms with Crippen molar-refractivity contribution in [3.05, 3.63) is 93.7 Å². The molecule has 0 bridgehead atoms. The summed E-state index contributed by atoms with van der Waals surface area (Å²) in [5, 5.41) is 5.88. The Morgan fingerprint density at radius 3 is 2.47 bits per heavy atom. The number of nitrogens with zero attached hydrogens (tertiary/aromatic N) is 1. The van der Waals surface area contributed by atoms with Gasteiger partial charge in [-0.05, 0) is 48.9 Å². The highest BCUT2D eigenvalue weighted by molar-refractivity contribution is 9.10. The predicted octanol–water partition coefficient (Wildman–Crippen LogP) is 4.20. The van der Waals surface area contributed by atoms with Crippen molar-refractivity contribution in [3.8, 4) is 5.75 Å². The van der Waals surface area contributed by atoms with Gasteiger partial charge in [0.2, 0.25) is 0 Å². The van der Waals surface area contributed by atoms with E-state index < -0.39 is 23.6 Å². The van der Waals surface area contributed by atoms with Crippen molar-refractivity contribution in [2.24, 2.45) is 5.10 Å². The molecule has 3 rings (SSSR count). The highest BCUT2D eigenvalue weighted by atomic mass is 79.9. The molecular formula is C23H17BrFN3O4. The lowest BCUT2D eigenvalue weighted by Crippen LogP contribution is -2.32. The quantitative estimate of drug-likeness (QED) is 0.181. The summed E-state index contributed by atoms with van der Waals surface area (Å²) in [6.45, 7) is 1.80. The number of amides is 2. The van der Waals surface area contributed by atoms with Crippen molar-refractivity contribution in [2.45, 2.75) is 6.92 Å². The van der Waals surface area contributed by atoms with Crippen LogP contribution in [0.25, 0.3) is 0 Å². The maximum absolute atomic E-state index is 13.8. The molecular weight excluding hydrogens is 481 g/mol. The molecule has 2 N–H and O–H groups in total. The smallest absolute Gasteiger partial charge is 0.343 e. The number of hydrogen-bond donors (Lipinski definition) is 2. The predicted molar refractivity (Wildman–Crippen MR) is 121 cm³/mol. The molecule has 0 radical (unpaired) electrons. The van der Waals surface area contributed by atoms with Crippen molar-refractivity contribution in [3.63, 3.8) is 0 Å². The van der Waals surface area contributed by atoms with Crippen LogP contribution in [0, 0.1) is 12.7 Å². The van der Waals surface area contributed by atoms with E-state index in [1.807, 2.05) is 11.5 Å². The van der Waals surface area contributed by atoms with Crippen LogP contribution in [0.4, 0.5) is 10.1 Å². The molecule has 0 aliphatic carbocycles. The lowest BCUT2D eigenvalue weighted by atomic mass is 10.1. The number of ether oxygens (including phenoxy) is 1. The van der Waals surface area contributed by atoms with Crippen molar-refractivity contribution in [1.82, 2.24) is 5.43 Å². The number of rotatable bonds is 5. The average Bonchev–Trinajstić information content (AvgIpc) is 2.77. The molecule has 162 valence electrons. The highest BCUT2D eigenvalue weighted by Crippen LogP contribution is 2.20. The second-order valence-corrected chi connectivity index (χ2v) is 7.44. The Labute approximate surface area is 191 Å². The summed E-state index contributed by atoms with van der Waals surface area (Å²) in [5.74, 6) is -3.21. The van der Waals surface area contributed by atoms with Crippen LogP contribution in [0.3, 0.4) is 0 Å². The minimum atomic E-state index is -1.10. The van der Waals surface area contributed by atoms with Gasteiger partial charge in [-0.25, -0.2) is 14.6 Å². The van der Waals surface area contributed by atoms with Crippen LogP contribution < -0.4 is 15.5 Å². The molecule has 0 unspecified atom stereocenters. The third kappa shape index (κ3) is 5.86. The van der Waals surface area contributed by atoms with Gasteiger partial charge >= 0.3 is 17.8 Å². The molecule has 2 amide bonds. The lowest BCUT2D eigenvalue weighted by Gasteiger charge is -2.09. The summed E-state index contributed by atoms with van der Waals surface area (Å²) in [7, 11) is 0. The Kier molecular flexibility index (Phi) is 7.45. The van der Waals surface area contributed by atoms with Gasteiger partial charge in [0, 0.05) is 10.0 Å². The second-order valence-electron chi connectivity index (χ2n) is 6.52. The standard InChI is InChI=1S/C23H17BrFN3O4/c1-14-6-2-4-8-17(14)23(31)32-20-9-5-3-7-15(20)13-26-28-22(30)21(29)27-19-11-10-16(24)12-18(19)25/h2-13H,1H3,(H,27,29)(H,28,30)/b26-13+. The zero-order valence-corrected chi connectivity index (χ0v) is 18.4. The zero-order valence-electron chi connectivity index (χ0n) is 16.8. The van der Waals surface area contributed by atoms with E-state index in [1.165, 1.54) is 18.3 Å². The Bertz CT molecular complexity index is 1210. The van der Waals surface area contributed by atoms with Gasteiger partial charge in [0.1, 0.15) is 11.6 Å². The molecule has 0 fully saturated rings. The summed E-state index contributed by atoms with van der Waals surface area (Å²) in [6.07, 6.45) is 1.23. The highest BCUT2D eigenvalue weighted by Gasteiger charge is 2.16. The first-order chi connectivity index (χ1) is 15.3. The van der Waals surface area contributed by atoms with Gasteiger partial charge in [-0.3, -0.25) is 9.59 Å². The number of benzene rings is 3. The monoisotopic (exact) mass is 497 g/mol. The fourth-order valence-electron chi connectivity index (χ4n) is 2.62. The van der Waals surface area contributed by atoms with Crippen molar-refractivity contribution < 1.29 is 23.5 Å². The van der Waals surface area contributed by atoms with Gasteiger partial charge in [-0.2, -0.15) is 5.10 Å². The lowest BCUT2D eigenvalue weighted by molar-refractivity contribution is -0.136. The van der Waals surface area contributed by atoms with Gasteiger partial charge in [0.15, 0.2) is 0 Å². The topological polar surface area (TPSA) is 96.9 Å². The number of nitrogens with one attached hydrogen (secondary N) is 2. The Morgan fingerprint density at radius 2 is 1.72 bits per heavy atom. The fraction of sp³-hybridized carbons (Fsp3) is 0.0435. The van der Waals surface area contributed by atoms with E-state index in [1.54, 1.807) is 49.4 Å².